The normalized spacial score (nSPS) is 11.3. The molecule has 0 aromatic heterocycles. The van der Waals surface area contributed by atoms with Gasteiger partial charge in [-0.3, -0.25) is 0 Å². The molecule has 0 aliphatic carbocycles. The number of hydrogen-bond donors (Lipinski definition) is 1. The van der Waals surface area contributed by atoms with E-state index < -0.39 is 0 Å². The molecule has 0 spiro atoms. The highest BCUT2D eigenvalue weighted by Crippen LogP contribution is 2.28. The Balaban J connectivity index is 1.93. The smallest absolute Gasteiger partial charge is 0.162 e. The first-order valence-corrected chi connectivity index (χ1v) is 9.10. The van der Waals surface area contributed by atoms with Gasteiger partial charge in [-0.1, -0.05) is 54.0 Å². The second-order valence-electron chi connectivity index (χ2n) is 6.05. The Morgan fingerprint density at radius 2 is 1.89 bits per heavy atom. The first-order valence-electron chi connectivity index (χ1n) is 8.69. The summed E-state index contributed by atoms with van der Waals surface area (Å²) in [5.41, 5.74) is 3.35. The minimum atomic E-state index is -0.255. The highest BCUT2D eigenvalue weighted by molar-refractivity contribution is 7.80. The molecular formula is C22H25NO3S. The van der Waals surface area contributed by atoms with Gasteiger partial charge in [0.1, 0.15) is 17.7 Å². The molecule has 142 valence electrons. The summed E-state index contributed by atoms with van der Waals surface area (Å²) < 4.78 is 16.4. The predicted octanol–water partition coefficient (Wildman–Crippen LogP) is 3.86. The molecule has 2 aromatic carbocycles. The fraction of sp³-hybridized carbons (Fsp3) is 0.318. The van der Waals surface area contributed by atoms with E-state index in [1.165, 1.54) is 5.56 Å². The minimum absolute atomic E-state index is 0.211. The first-order chi connectivity index (χ1) is 13.1. The van der Waals surface area contributed by atoms with Crippen LogP contribution in [-0.2, 0) is 11.2 Å². The zero-order chi connectivity index (χ0) is 19.6. The third-order valence-corrected chi connectivity index (χ3v) is 4.46. The molecule has 0 heterocycles. The molecule has 1 unspecified atom stereocenters. The molecule has 0 fully saturated rings. The largest absolute Gasteiger partial charge is 0.493 e. The summed E-state index contributed by atoms with van der Waals surface area (Å²) in [6, 6.07) is 14.0. The molecular weight excluding hydrogens is 358 g/mol. The standard InChI is InChI=1S/C22H25NO3S/c1-5-14-26-19-11-8-17(15-20(19)24-3)12-13-23-22(27)21(25-4)18-9-6-16(2)7-10-18/h1,6-11,15,21H,12-14H2,2-4H3,(H,23,27). The lowest BCUT2D eigenvalue weighted by Gasteiger charge is -2.19. The van der Waals surface area contributed by atoms with Crippen molar-refractivity contribution in [1.29, 1.82) is 0 Å². The summed E-state index contributed by atoms with van der Waals surface area (Å²) in [6.45, 7) is 2.96. The Hall–Kier alpha value is -2.55. The molecule has 0 amide bonds. The molecule has 0 aliphatic rings. The lowest BCUT2D eigenvalue weighted by atomic mass is 10.1. The van der Waals surface area contributed by atoms with E-state index >= 15 is 0 Å². The number of hydrogen-bond acceptors (Lipinski definition) is 4. The Labute approximate surface area is 166 Å². The number of thiocarbonyl (C=S) groups is 1. The topological polar surface area (TPSA) is 39.7 Å². The van der Waals surface area contributed by atoms with Crippen molar-refractivity contribution in [2.45, 2.75) is 19.4 Å². The lowest BCUT2D eigenvalue weighted by molar-refractivity contribution is 0.157. The summed E-state index contributed by atoms with van der Waals surface area (Å²) in [5.74, 6) is 3.75. The van der Waals surface area contributed by atoms with Crippen molar-refractivity contribution >= 4 is 17.2 Å². The maximum Gasteiger partial charge on any atom is 0.162 e. The molecule has 27 heavy (non-hydrogen) atoms. The molecule has 5 heteroatoms. The average Bonchev–Trinajstić information content (AvgIpc) is 2.68. The zero-order valence-corrected chi connectivity index (χ0v) is 16.8. The highest BCUT2D eigenvalue weighted by atomic mass is 32.1. The van der Waals surface area contributed by atoms with Gasteiger partial charge in [0, 0.05) is 13.7 Å². The van der Waals surface area contributed by atoms with Gasteiger partial charge in [0.25, 0.3) is 0 Å². The molecule has 0 saturated heterocycles. The van der Waals surface area contributed by atoms with E-state index in [4.69, 9.17) is 32.9 Å². The number of rotatable bonds is 9. The summed E-state index contributed by atoms with van der Waals surface area (Å²) in [6.07, 6.45) is 5.76. The summed E-state index contributed by atoms with van der Waals surface area (Å²) in [7, 11) is 3.28. The first kappa shape index (κ1) is 20.8. The highest BCUT2D eigenvalue weighted by Gasteiger charge is 2.15. The molecule has 0 saturated carbocycles. The molecule has 0 radical (unpaired) electrons. The Morgan fingerprint density at radius 1 is 1.15 bits per heavy atom. The van der Waals surface area contributed by atoms with Gasteiger partial charge in [0.15, 0.2) is 11.5 Å². The van der Waals surface area contributed by atoms with Crippen molar-refractivity contribution in [1.82, 2.24) is 5.32 Å². The van der Waals surface area contributed by atoms with Crippen LogP contribution in [0.15, 0.2) is 42.5 Å². The third-order valence-electron chi connectivity index (χ3n) is 4.11. The fourth-order valence-corrected chi connectivity index (χ4v) is 3.00. The summed E-state index contributed by atoms with van der Waals surface area (Å²) in [4.78, 5) is 0.669. The van der Waals surface area contributed by atoms with Crippen LogP contribution in [0.2, 0.25) is 0 Å². The van der Waals surface area contributed by atoms with Crippen LogP contribution in [0, 0.1) is 19.3 Å². The van der Waals surface area contributed by atoms with Crippen molar-refractivity contribution in [2.24, 2.45) is 0 Å². The van der Waals surface area contributed by atoms with Crippen molar-refractivity contribution in [3.8, 4) is 23.8 Å². The lowest BCUT2D eigenvalue weighted by Crippen LogP contribution is -2.30. The van der Waals surface area contributed by atoms with Gasteiger partial charge < -0.3 is 19.5 Å². The van der Waals surface area contributed by atoms with Crippen LogP contribution in [0.1, 0.15) is 22.8 Å². The number of methoxy groups -OCH3 is 2. The Morgan fingerprint density at radius 3 is 2.52 bits per heavy atom. The van der Waals surface area contributed by atoms with E-state index in [0.717, 1.165) is 17.5 Å². The second kappa shape index (κ2) is 10.6. The van der Waals surface area contributed by atoms with E-state index in [-0.39, 0.29) is 12.7 Å². The number of aryl methyl sites for hydroxylation is 1. The van der Waals surface area contributed by atoms with Crippen LogP contribution < -0.4 is 14.8 Å². The van der Waals surface area contributed by atoms with E-state index in [0.29, 0.717) is 23.0 Å². The van der Waals surface area contributed by atoms with Gasteiger partial charge >= 0.3 is 0 Å². The van der Waals surface area contributed by atoms with Crippen molar-refractivity contribution < 1.29 is 14.2 Å². The maximum absolute atomic E-state index is 5.57. The SMILES string of the molecule is C#CCOc1ccc(CCNC(=S)C(OC)c2ccc(C)cc2)cc1OC. The summed E-state index contributed by atoms with van der Waals surface area (Å²) in [5, 5.41) is 3.29. The van der Waals surface area contributed by atoms with Crippen molar-refractivity contribution in [3.63, 3.8) is 0 Å². The quantitative estimate of drug-likeness (QED) is 0.526. The molecule has 4 nitrogen and oxygen atoms in total. The van der Waals surface area contributed by atoms with Gasteiger partial charge in [-0.2, -0.15) is 0 Å². The van der Waals surface area contributed by atoms with Crippen LogP contribution in [-0.4, -0.2) is 32.4 Å². The summed E-state index contributed by atoms with van der Waals surface area (Å²) >= 11 is 5.52. The van der Waals surface area contributed by atoms with E-state index in [2.05, 4.69) is 30.3 Å². The van der Waals surface area contributed by atoms with Crippen LogP contribution in [0.5, 0.6) is 11.5 Å². The fourth-order valence-electron chi connectivity index (χ4n) is 2.66. The van der Waals surface area contributed by atoms with Crippen LogP contribution in [0.3, 0.4) is 0 Å². The van der Waals surface area contributed by atoms with Gasteiger partial charge in [0.2, 0.25) is 0 Å². The number of ether oxygens (including phenoxy) is 3. The van der Waals surface area contributed by atoms with E-state index in [1.807, 2.05) is 30.3 Å². The third kappa shape index (κ3) is 5.99. The van der Waals surface area contributed by atoms with Crippen LogP contribution in [0.25, 0.3) is 0 Å². The Bertz CT molecular complexity index is 796. The molecule has 1 atom stereocenters. The van der Waals surface area contributed by atoms with Gasteiger partial charge in [-0.15, -0.1) is 6.42 Å². The van der Waals surface area contributed by atoms with Crippen molar-refractivity contribution in [3.05, 3.63) is 59.2 Å². The number of nitrogens with one attached hydrogen (secondary N) is 1. The molecule has 0 bridgehead atoms. The molecule has 2 aromatic rings. The average molecular weight is 384 g/mol. The number of benzene rings is 2. The van der Waals surface area contributed by atoms with Crippen molar-refractivity contribution in [2.75, 3.05) is 27.4 Å². The van der Waals surface area contributed by atoms with Crippen LogP contribution in [0.4, 0.5) is 0 Å². The zero-order valence-electron chi connectivity index (χ0n) is 16.0. The van der Waals surface area contributed by atoms with Gasteiger partial charge in [-0.25, -0.2) is 0 Å². The van der Waals surface area contributed by atoms with E-state index in [1.54, 1.807) is 14.2 Å². The predicted molar refractivity (Wildman–Crippen MR) is 113 cm³/mol. The minimum Gasteiger partial charge on any atom is -0.493 e. The molecule has 2 rings (SSSR count). The Kier molecular flexibility index (Phi) is 8.12. The van der Waals surface area contributed by atoms with Gasteiger partial charge in [0.05, 0.1) is 7.11 Å². The van der Waals surface area contributed by atoms with E-state index in [9.17, 15) is 0 Å². The molecule has 1 N–H and O–H groups in total. The molecule has 0 aliphatic heterocycles. The monoisotopic (exact) mass is 383 g/mol. The second-order valence-corrected chi connectivity index (χ2v) is 6.49. The maximum atomic E-state index is 5.57. The van der Waals surface area contributed by atoms with Crippen LogP contribution >= 0.6 is 12.2 Å². The number of terminal acetylenes is 1. The van der Waals surface area contributed by atoms with Gasteiger partial charge in [-0.05, 0) is 36.6 Å².